The van der Waals surface area contributed by atoms with E-state index in [1.165, 1.54) is 4.90 Å². The molecule has 6 heteroatoms. The molecule has 0 spiro atoms. The van der Waals surface area contributed by atoms with Crippen LogP contribution in [0.5, 0.6) is 0 Å². The maximum atomic E-state index is 12.8. The molecule has 138 valence electrons. The van der Waals surface area contributed by atoms with Crippen molar-refractivity contribution < 1.29 is 14.3 Å². The number of amides is 1. The molecule has 1 aromatic heterocycles. The Morgan fingerprint density at radius 2 is 1.74 bits per heavy atom. The summed E-state index contributed by atoms with van der Waals surface area (Å²) in [6.07, 6.45) is -0.876. The summed E-state index contributed by atoms with van der Waals surface area (Å²) >= 11 is 5.96. The Labute approximate surface area is 162 Å². The maximum Gasteiger partial charge on any atom is 0.339 e. The zero-order valence-electron chi connectivity index (χ0n) is 15.3. The molecule has 5 nitrogen and oxygen atoms in total. The van der Waals surface area contributed by atoms with Gasteiger partial charge in [0, 0.05) is 30.1 Å². The van der Waals surface area contributed by atoms with Gasteiger partial charge in [0.05, 0.1) is 16.8 Å². The lowest BCUT2D eigenvalue weighted by Gasteiger charge is -2.18. The number of aromatic nitrogens is 1. The standard InChI is InChI=1S/C21H19ClN2O3/c1-13(20(25)24(2)3)27-21(26)17-12-19(14-8-10-15(22)11-9-14)23-18-7-5-4-6-16(17)18/h4-13H,1-3H3/t13-/m0/s1. The summed E-state index contributed by atoms with van der Waals surface area (Å²) in [4.78, 5) is 30.8. The smallest absolute Gasteiger partial charge is 0.339 e. The predicted molar refractivity (Wildman–Crippen MR) is 106 cm³/mol. The Bertz CT molecular complexity index is 1000. The Hall–Kier alpha value is -2.92. The number of fused-ring (bicyclic) bond motifs is 1. The lowest BCUT2D eigenvalue weighted by molar-refractivity contribution is -0.137. The van der Waals surface area contributed by atoms with Crippen molar-refractivity contribution in [2.45, 2.75) is 13.0 Å². The van der Waals surface area contributed by atoms with E-state index in [4.69, 9.17) is 16.3 Å². The number of benzene rings is 2. The molecule has 0 unspecified atom stereocenters. The van der Waals surface area contributed by atoms with Crippen molar-refractivity contribution in [3.8, 4) is 11.3 Å². The summed E-state index contributed by atoms with van der Waals surface area (Å²) in [5, 5.41) is 1.29. The number of hydrogen-bond acceptors (Lipinski definition) is 4. The van der Waals surface area contributed by atoms with Crippen LogP contribution in [0.2, 0.25) is 5.02 Å². The van der Waals surface area contributed by atoms with Gasteiger partial charge in [-0.1, -0.05) is 41.9 Å². The first-order valence-electron chi connectivity index (χ1n) is 8.44. The van der Waals surface area contributed by atoms with Crippen LogP contribution in [-0.2, 0) is 9.53 Å². The van der Waals surface area contributed by atoms with Crippen molar-refractivity contribution in [1.29, 1.82) is 0 Å². The monoisotopic (exact) mass is 382 g/mol. The van der Waals surface area contributed by atoms with Crippen LogP contribution in [0, 0.1) is 0 Å². The van der Waals surface area contributed by atoms with Gasteiger partial charge < -0.3 is 9.64 Å². The summed E-state index contributed by atoms with van der Waals surface area (Å²) in [7, 11) is 3.24. The van der Waals surface area contributed by atoms with Crippen LogP contribution in [0.3, 0.4) is 0 Å². The first kappa shape index (κ1) is 18.9. The van der Waals surface area contributed by atoms with Gasteiger partial charge in [0.25, 0.3) is 5.91 Å². The highest BCUT2D eigenvalue weighted by molar-refractivity contribution is 6.30. The average Bonchev–Trinajstić information content (AvgIpc) is 2.66. The van der Waals surface area contributed by atoms with E-state index >= 15 is 0 Å². The number of ether oxygens (including phenoxy) is 1. The molecule has 1 atom stereocenters. The number of para-hydroxylation sites is 1. The van der Waals surface area contributed by atoms with Crippen LogP contribution in [0.25, 0.3) is 22.2 Å². The fourth-order valence-electron chi connectivity index (χ4n) is 2.75. The van der Waals surface area contributed by atoms with Crippen molar-refractivity contribution >= 4 is 34.4 Å². The van der Waals surface area contributed by atoms with E-state index in [-0.39, 0.29) is 5.91 Å². The highest BCUT2D eigenvalue weighted by atomic mass is 35.5. The van der Waals surface area contributed by atoms with Crippen molar-refractivity contribution in [1.82, 2.24) is 9.88 Å². The lowest BCUT2D eigenvalue weighted by Crippen LogP contribution is -2.34. The summed E-state index contributed by atoms with van der Waals surface area (Å²) in [5.41, 5.74) is 2.49. The number of nitrogens with zero attached hydrogens (tertiary/aromatic N) is 2. The predicted octanol–water partition coefficient (Wildman–Crippen LogP) is 4.19. The molecule has 0 aliphatic heterocycles. The van der Waals surface area contributed by atoms with Gasteiger partial charge >= 0.3 is 5.97 Å². The second-order valence-electron chi connectivity index (χ2n) is 6.36. The number of esters is 1. The number of rotatable bonds is 4. The lowest BCUT2D eigenvalue weighted by atomic mass is 10.0. The molecule has 0 bridgehead atoms. The zero-order chi connectivity index (χ0) is 19.6. The minimum absolute atomic E-state index is 0.278. The average molecular weight is 383 g/mol. The minimum Gasteiger partial charge on any atom is -0.449 e. The van der Waals surface area contributed by atoms with E-state index in [1.54, 1.807) is 39.2 Å². The second kappa shape index (κ2) is 7.76. The third kappa shape index (κ3) is 4.09. The number of carbonyl (C=O) groups is 2. The molecule has 0 saturated carbocycles. The van der Waals surface area contributed by atoms with Crippen LogP contribution in [0.15, 0.2) is 54.6 Å². The summed E-state index contributed by atoms with van der Waals surface area (Å²) in [6, 6.07) is 16.2. The number of likely N-dealkylation sites (N-methyl/N-ethyl adjacent to an activating group) is 1. The Morgan fingerprint density at radius 3 is 2.41 bits per heavy atom. The third-order valence-electron chi connectivity index (χ3n) is 4.15. The molecular formula is C21H19ClN2O3. The summed E-state index contributed by atoms with van der Waals surface area (Å²) < 4.78 is 5.40. The fourth-order valence-corrected chi connectivity index (χ4v) is 2.88. The highest BCUT2D eigenvalue weighted by Gasteiger charge is 2.22. The first-order chi connectivity index (χ1) is 12.9. The molecule has 0 aliphatic carbocycles. The zero-order valence-corrected chi connectivity index (χ0v) is 16.0. The fraction of sp³-hybridized carbons (Fsp3) is 0.190. The third-order valence-corrected chi connectivity index (χ3v) is 4.40. The Morgan fingerprint density at radius 1 is 1.07 bits per heavy atom. The Kier molecular flexibility index (Phi) is 5.42. The molecular weight excluding hydrogens is 364 g/mol. The van der Waals surface area contributed by atoms with Gasteiger partial charge in [-0.25, -0.2) is 9.78 Å². The van der Waals surface area contributed by atoms with Gasteiger partial charge in [-0.2, -0.15) is 0 Å². The van der Waals surface area contributed by atoms with E-state index in [2.05, 4.69) is 4.98 Å². The molecule has 0 saturated heterocycles. The molecule has 0 radical (unpaired) electrons. The molecule has 3 rings (SSSR count). The quantitative estimate of drug-likeness (QED) is 0.635. The van der Waals surface area contributed by atoms with E-state index in [1.807, 2.05) is 36.4 Å². The van der Waals surface area contributed by atoms with Gasteiger partial charge in [0.15, 0.2) is 6.10 Å². The minimum atomic E-state index is -0.876. The van der Waals surface area contributed by atoms with Gasteiger partial charge in [0.1, 0.15) is 0 Å². The van der Waals surface area contributed by atoms with Crippen molar-refractivity contribution in [2.75, 3.05) is 14.1 Å². The van der Waals surface area contributed by atoms with E-state index < -0.39 is 12.1 Å². The van der Waals surface area contributed by atoms with E-state index in [9.17, 15) is 9.59 Å². The first-order valence-corrected chi connectivity index (χ1v) is 8.82. The van der Waals surface area contributed by atoms with Crippen LogP contribution >= 0.6 is 11.6 Å². The van der Waals surface area contributed by atoms with E-state index in [0.29, 0.717) is 27.2 Å². The van der Waals surface area contributed by atoms with Crippen LogP contribution in [0.4, 0.5) is 0 Å². The van der Waals surface area contributed by atoms with E-state index in [0.717, 1.165) is 5.56 Å². The van der Waals surface area contributed by atoms with Crippen LogP contribution in [0.1, 0.15) is 17.3 Å². The highest BCUT2D eigenvalue weighted by Crippen LogP contribution is 2.26. The summed E-state index contributed by atoms with van der Waals surface area (Å²) in [5.74, 6) is -0.842. The summed E-state index contributed by atoms with van der Waals surface area (Å²) in [6.45, 7) is 1.56. The topological polar surface area (TPSA) is 59.5 Å². The van der Waals surface area contributed by atoms with Gasteiger partial charge in [0.2, 0.25) is 0 Å². The normalized spacial score (nSPS) is 11.9. The molecule has 3 aromatic rings. The van der Waals surface area contributed by atoms with Gasteiger partial charge in [-0.05, 0) is 31.2 Å². The van der Waals surface area contributed by atoms with Crippen molar-refractivity contribution in [2.24, 2.45) is 0 Å². The van der Waals surface area contributed by atoms with Crippen molar-refractivity contribution in [3.63, 3.8) is 0 Å². The molecule has 27 heavy (non-hydrogen) atoms. The largest absolute Gasteiger partial charge is 0.449 e. The SMILES string of the molecule is C[C@H](OC(=O)c1cc(-c2ccc(Cl)cc2)nc2ccccc12)C(=O)N(C)C. The number of carbonyl (C=O) groups excluding carboxylic acids is 2. The van der Waals surface area contributed by atoms with Crippen molar-refractivity contribution in [3.05, 3.63) is 65.2 Å². The number of pyridine rings is 1. The molecule has 0 N–H and O–H groups in total. The molecule has 2 aromatic carbocycles. The maximum absolute atomic E-state index is 12.8. The second-order valence-corrected chi connectivity index (χ2v) is 6.80. The molecule has 1 heterocycles. The molecule has 0 aliphatic rings. The van der Waals surface area contributed by atoms with Gasteiger partial charge in [-0.3, -0.25) is 4.79 Å². The Balaban J connectivity index is 2.04. The number of hydrogen-bond donors (Lipinski definition) is 0. The molecule has 1 amide bonds. The van der Waals surface area contributed by atoms with Gasteiger partial charge in [-0.15, -0.1) is 0 Å². The molecule has 0 fully saturated rings. The number of halogens is 1. The van der Waals surface area contributed by atoms with Crippen LogP contribution < -0.4 is 0 Å². The van der Waals surface area contributed by atoms with Crippen LogP contribution in [-0.4, -0.2) is 42.0 Å².